The number of nitrogens with zero attached hydrogens (tertiary/aromatic N) is 1. The Balaban J connectivity index is 1.80. The average molecular weight is 215 g/mol. The second-order valence-electron chi connectivity index (χ2n) is 4.90. The summed E-state index contributed by atoms with van der Waals surface area (Å²) in [6.45, 7) is 2.30. The highest BCUT2D eigenvalue weighted by Gasteiger charge is 2.46. The molecule has 4 heteroatoms. The molecule has 0 unspecified atom stereocenters. The second-order valence-corrected chi connectivity index (χ2v) is 4.90. The summed E-state index contributed by atoms with van der Waals surface area (Å²) >= 11 is 0. The Labute approximate surface area is 91.2 Å². The summed E-state index contributed by atoms with van der Waals surface area (Å²) in [5, 5.41) is 10.2. The van der Waals surface area contributed by atoms with Gasteiger partial charge in [-0.25, -0.2) is 0 Å². The summed E-state index contributed by atoms with van der Waals surface area (Å²) in [5.41, 5.74) is -0.451. The fourth-order valence-corrected chi connectivity index (χ4v) is 2.70. The lowest BCUT2D eigenvalue weighted by atomic mass is 9.98. The third kappa shape index (κ3) is 2.18. The van der Waals surface area contributed by atoms with E-state index >= 15 is 0 Å². The van der Waals surface area contributed by atoms with Gasteiger partial charge in [0.05, 0.1) is 18.7 Å². The molecule has 1 aliphatic carbocycles. The monoisotopic (exact) mass is 215 g/mol. The zero-order chi connectivity index (χ0) is 10.9. The van der Waals surface area contributed by atoms with Gasteiger partial charge in [-0.2, -0.15) is 0 Å². The van der Waals surface area contributed by atoms with Crippen LogP contribution in [0.4, 0.5) is 0 Å². The van der Waals surface area contributed by atoms with Crippen LogP contribution in [0.3, 0.4) is 0 Å². The first-order valence-corrected chi connectivity index (χ1v) is 5.66. The lowest BCUT2D eigenvalue weighted by molar-refractivity contribution is -0.280. The van der Waals surface area contributed by atoms with Crippen LogP contribution in [0.1, 0.15) is 25.7 Å². The molecule has 0 spiro atoms. The summed E-state index contributed by atoms with van der Waals surface area (Å²) in [5.74, 6) is -0.422. The standard InChI is InChI=1S/C11H21NO3/c1-14-11(15-2)8-12(9-11)7-10(13)5-3-4-6-10/h13H,3-9H2,1-2H3. The van der Waals surface area contributed by atoms with Crippen LogP contribution in [0.2, 0.25) is 0 Å². The van der Waals surface area contributed by atoms with E-state index in [0.717, 1.165) is 45.3 Å². The van der Waals surface area contributed by atoms with Crippen molar-refractivity contribution in [1.82, 2.24) is 4.90 Å². The number of hydrogen-bond acceptors (Lipinski definition) is 4. The van der Waals surface area contributed by atoms with E-state index in [1.807, 2.05) is 0 Å². The maximum atomic E-state index is 10.2. The molecule has 0 aromatic rings. The Hall–Kier alpha value is -0.160. The van der Waals surface area contributed by atoms with Crippen molar-refractivity contribution in [3.63, 3.8) is 0 Å². The largest absolute Gasteiger partial charge is 0.389 e. The van der Waals surface area contributed by atoms with Gasteiger partial charge in [-0.1, -0.05) is 12.8 Å². The molecule has 1 heterocycles. The number of β-amino-alcohol motifs (C(OH)–C–C–N with tert-alkyl or cyclic N) is 1. The Morgan fingerprint density at radius 3 is 2.13 bits per heavy atom. The minimum Gasteiger partial charge on any atom is -0.389 e. The van der Waals surface area contributed by atoms with Crippen LogP contribution in [0.5, 0.6) is 0 Å². The minimum absolute atomic E-state index is 0.422. The van der Waals surface area contributed by atoms with E-state index in [1.165, 1.54) is 0 Å². The SMILES string of the molecule is COC1(OC)CN(CC2(O)CCCC2)C1. The topological polar surface area (TPSA) is 41.9 Å². The third-order valence-corrected chi connectivity index (χ3v) is 3.73. The van der Waals surface area contributed by atoms with Gasteiger partial charge < -0.3 is 14.6 Å². The van der Waals surface area contributed by atoms with Crippen LogP contribution < -0.4 is 0 Å². The van der Waals surface area contributed by atoms with Crippen molar-refractivity contribution in [3.05, 3.63) is 0 Å². The Kier molecular flexibility index (Phi) is 3.03. The van der Waals surface area contributed by atoms with Crippen molar-refractivity contribution in [1.29, 1.82) is 0 Å². The van der Waals surface area contributed by atoms with Gasteiger partial charge in [-0.05, 0) is 12.8 Å². The zero-order valence-corrected chi connectivity index (χ0v) is 9.66. The Morgan fingerprint density at radius 2 is 1.67 bits per heavy atom. The fourth-order valence-electron chi connectivity index (χ4n) is 2.70. The fraction of sp³-hybridized carbons (Fsp3) is 1.00. The lowest BCUT2D eigenvalue weighted by Crippen LogP contribution is -2.66. The summed E-state index contributed by atoms with van der Waals surface area (Å²) in [7, 11) is 3.34. The van der Waals surface area contributed by atoms with E-state index in [1.54, 1.807) is 14.2 Å². The number of ether oxygens (including phenoxy) is 2. The summed E-state index contributed by atoms with van der Waals surface area (Å²) in [6.07, 6.45) is 4.20. The lowest BCUT2D eigenvalue weighted by Gasteiger charge is -2.49. The van der Waals surface area contributed by atoms with Crippen molar-refractivity contribution < 1.29 is 14.6 Å². The maximum absolute atomic E-state index is 10.2. The van der Waals surface area contributed by atoms with Gasteiger partial charge in [0.25, 0.3) is 0 Å². The second kappa shape index (κ2) is 4.01. The summed E-state index contributed by atoms with van der Waals surface area (Å²) < 4.78 is 10.6. The molecule has 1 saturated heterocycles. The van der Waals surface area contributed by atoms with Gasteiger partial charge in [0.1, 0.15) is 0 Å². The van der Waals surface area contributed by atoms with Gasteiger partial charge in [0.15, 0.2) is 5.79 Å². The molecule has 0 radical (unpaired) electrons. The molecule has 0 aromatic carbocycles. The Morgan fingerprint density at radius 1 is 1.13 bits per heavy atom. The highest BCUT2D eigenvalue weighted by molar-refractivity contribution is 4.95. The average Bonchev–Trinajstić information content (AvgIpc) is 2.58. The van der Waals surface area contributed by atoms with Gasteiger partial charge in [0.2, 0.25) is 0 Å². The molecule has 15 heavy (non-hydrogen) atoms. The predicted molar refractivity (Wildman–Crippen MR) is 56.6 cm³/mol. The van der Waals surface area contributed by atoms with Gasteiger partial charge in [0, 0.05) is 20.8 Å². The number of hydrogen-bond donors (Lipinski definition) is 1. The van der Waals surface area contributed by atoms with Crippen molar-refractivity contribution in [2.24, 2.45) is 0 Å². The van der Waals surface area contributed by atoms with E-state index in [0.29, 0.717) is 0 Å². The molecule has 1 saturated carbocycles. The molecule has 2 aliphatic rings. The van der Waals surface area contributed by atoms with Crippen LogP contribution in [0.25, 0.3) is 0 Å². The first kappa shape index (κ1) is 11.3. The van der Waals surface area contributed by atoms with Crippen LogP contribution >= 0.6 is 0 Å². The number of aliphatic hydroxyl groups is 1. The molecular weight excluding hydrogens is 194 g/mol. The molecule has 0 amide bonds. The van der Waals surface area contributed by atoms with E-state index in [-0.39, 0.29) is 0 Å². The van der Waals surface area contributed by atoms with Crippen LogP contribution in [-0.2, 0) is 9.47 Å². The predicted octanol–water partition coefficient (Wildman–Crippen LogP) is 0.596. The van der Waals surface area contributed by atoms with E-state index in [9.17, 15) is 5.11 Å². The summed E-state index contributed by atoms with van der Waals surface area (Å²) in [4.78, 5) is 2.21. The van der Waals surface area contributed by atoms with Crippen molar-refractivity contribution >= 4 is 0 Å². The van der Waals surface area contributed by atoms with Gasteiger partial charge in [-0.15, -0.1) is 0 Å². The highest BCUT2D eigenvalue weighted by atomic mass is 16.7. The first-order valence-electron chi connectivity index (χ1n) is 5.66. The molecule has 2 rings (SSSR count). The molecule has 2 fully saturated rings. The first-order chi connectivity index (χ1) is 7.11. The van der Waals surface area contributed by atoms with E-state index in [4.69, 9.17) is 9.47 Å². The molecular formula is C11H21NO3. The molecule has 88 valence electrons. The molecule has 0 atom stereocenters. The van der Waals surface area contributed by atoms with Gasteiger partial charge >= 0.3 is 0 Å². The highest BCUT2D eigenvalue weighted by Crippen LogP contribution is 2.34. The molecule has 0 bridgehead atoms. The summed E-state index contributed by atoms with van der Waals surface area (Å²) in [6, 6.07) is 0. The minimum atomic E-state index is -0.451. The third-order valence-electron chi connectivity index (χ3n) is 3.73. The maximum Gasteiger partial charge on any atom is 0.193 e. The molecule has 1 aliphatic heterocycles. The van der Waals surface area contributed by atoms with Crippen LogP contribution in [0, 0.1) is 0 Å². The number of rotatable bonds is 4. The van der Waals surface area contributed by atoms with Gasteiger partial charge in [-0.3, -0.25) is 4.90 Å². The van der Waals surface area contributed by atoms with Crippen molar-refractivity contribution in [2.45, 2.75) is 37.1 Å². The normalized spacial score (nSPS) is 29.0. The smallest absolute Gasteiger partial charge is 0.193 e. The molecule has 1 N–H and O–H groups in total. The quantitative estimate of drug-likeness (QED) is 0.697. The zero-order valence-electron chi connectivity index (χ0n) is 9.66. The van der Waals surface area contributed by atoms with Crippen molar-refractivity contribution in [3.8, 4) is 0 Å². The Bertz CT molecular complexity index is 214. The number of methoxy groups -OCH3 is 2. The van der Waals surface area contributed by atoms with Crippen LogP contribution in [0.15, 0.2) is 0 Å². The van der Waals surface area contributed by atoms with E-state index in [2.05, 4.69) is 4.90 Å². The van der Waals surface area contributed by atoms with Crippen LogP contribution in [-0.4, -0.2) is 55.2 Å². The van der Waals surface area contributed by atoms with Crippen molar-refractivity contribution in [2.75, 3.05) is 33.9 Å². The molecule has 4 nitrogen and oxygen atoms in total. The molecule has 0 aromatic heterocycles. The van der Waals surface area contributed by atoms with E-state index < -0.39 is 11.4 Å². The number of likely N-dealkylation sites (tertiary alicyclic amines) is 1.